The van der Waals surface area contributed by atoms with E-state index in [-0.39, 0.29) is 6.04 Å². The molecule has 0 aromatic carbocycles. The van der Waals surface area contributed by atoms with Gasteiger partial charge in [0.25, 0.3) is 0 Å². The summed E-state index contributed by atoms with van der Waals surface area (Å²) in [7, 11) is 1.97. The van der Waals surface area contributed by atoms with Crippen LogP contribution in [0.3, 0.4) is 0 Å². The number of nitrogens with zero attached hydrogens (tertiary/aromatic N) is 1. The van der Waals surface area contributed by atoms with E-state index in [9.17, 15) is 4.79 Å². The van der Waals surface area contributed by atoms with Crippen molar-refractivity contribution in [3.8, 4) is 0 Å². The molecule has 1 heterocycles. The van der Waals surface area contributed by atoms with E-state index in [4.69, 9.17) is 0 Å². The van der Waals surface area contributed by atoms with Crippen LogP contribution in [0.1, 0.15) is 44.9 Å². The average Bonchev–Trinajstić information content (AvgIpc) is 2.82. The van der Waals surface area contributed by atoms with E-state index in [2.05, 4.69) is 5.32 Å². The quantitative estimate of drug-likeness (QED) is 0.792. The molecule has 1 atom stereocenters. The third-order valence-electron chi connectivity index (χ3n) is 3.99. The smallest absolute Gasteiger partial charge is 0.239 e. The average molecular weight is 224 g/mol. The summed E-state index contributed by atoms with van der Waals surface area (Å²) in [6.45, 7) is 1.98. The van der Waals surface area contributed by atoms with Crippen LogP contribution in [0, 0.1) is 5.92 Å². The molecule has 0 unspecified atom stereocenters. The second-order valence-electron chi connectivity index (χ2n) is 5.37. The highest BCUT2D eigenvalue weighted by Crippen LogP contribution is 2.25. The molecule has 0 radical (unpaired) electrons. The molecule has 1 amide bonds. The van der Waals surface area contributed by atoms with Crippen molar-refractivity contribution in [1.82, 2.24) is 10.2 Å². The van der Waals surface area contributed by atoms with Gasteiger partial charge in [-0.15, -0.1) is 0 Å². The van der Waals surface area contributed by atoms with Crippen molar-refractivity contribution in [2.24, 2.45) is 5.92 Å². The van der Waals surface area contributed by atoms with Crippen LogP contribution in [0.25, 0.3) is 0 Å². The number of piperidine rings is 1. The molecule has 3 heteroatoms. The minimum Gasteiger partial charge on any atom is -0.344 e. The van der Waals surface area contributed by atoms with Crippen LogP contribution in [0.15, 0.2) is 0 Å². The lowest BCUT2D eigenvalue weighted by Gasteiger charge is -2.29. The van der Waals surface area contributed by atoms with Gasteiger partial charge in [-0.2, -0.15) is 0 Å². The van der Waals surface area contributed by atoms with Gasteiger partial charge in [0.05, 0.1) is 6.04 Å². The van der Waals surface area contributed by atoms with Crippen LogP contribution in [0.5, 0.6) is 0 Å². The van der Waals surface area contributed by atoms with Crippen molar-refractivity contribution in [2.75, 3.05) is 20.1 Å². The summed E-state index contributed by atoms with van der Waals surface area (Å²) < 4.78 is 0. The van der Waals surface area contributed by atoms with Crippen molar-refractivity contribution < 1.29 is 4.79 Å². The fourth-order valence-corrected chi connectivity index (χ4v) is 3.00. The van der Waals surface area contributed by atoms with Gasteiger partial charge in [-0.3, -0.25) is 4.79 Å². The number of hydrogen-bond donors (Lipinski definition) is 1. The Labute approximate surface area is 98.6 Å². The monoisotopic (exact) mass is 224 g/mol. The number of amides is 1. The summed E-state index contributed by atoms with van der Waals surface area (Å²) >= 11 is 0. The standard InChI is InChI=1S/C13H24N2O/c1-15(10-11-6-2-3-7-11)13(16)12-8-4-5-9-14-12/h11-12,14H,2-10H2,1H3/t12-/m0/s1. The predicted octanol–water partition coefficient (Wildman–Crippen LogP) is 1.78. The zero-order valence-electron chi connectivity index (χ0n) is 10.4. The Bertz CT molecular complexity index is 230. The third-order valence-corrected chi connectivity index (χ3v) is 3.99. The van der Waals surface area contributed by atoms with Gasteiger partial charge in [0.1, 0.15) is 0 Å². The molecule has 0 aromatic heterocycles. The van der Waals surface area contributed by atoms with E-state index in [0.717, 1.165) is 25.4 Å². The maximum Gasteiger partial charge on any atom is 0.239 e. The van der Waals surface area contributed by atoms with Gasteiger partial charge in [0.2, 0.25) is 5.91 Å². The summed E-state index contributed by atoms with van der Waals surface area (Å²) in [5.74, 6) is 1.07. The summed E-state index contributed by atoms with van der Waals surface area (Å²) in [6, 6.07) is 0.0974. The molecule has 1 aliphatic carbocycles. The second kappa shape index (κ2) is 5.67. The van der Waals surface area contributed by atoms with Gasteiger partial charge in [-0.05, 0) is 38.1 Å². The molecule has 2 fully saturated rings. The van der Waals surface area contributed by atoms with Gasteiger partial charge in [-0.25, -0.2) is 0 Å². The van der Waals surface area contributed by atoms with E-state index in [1.54, 1.807) is 0 Å². The summed E-state index contributed by atoms with van der Waals surface area (Å²) in [6.07, 6.45) is 8.78. The summed E-state index contributed by atoms with van der Waals surface area (Å²) in [4.78, 5) is 14.1. The first-order valence-corrected chi connectivity index (χ1v) is 6.76. The number of carbonyl (C=O) groups is 1. The zero-order chi connectivity index (χ0) is 11.4. The van der Waals surface area contributed by atoms with E-state index < -0.39 is 0 Å². The lowest BCUT2D eigenvalue weighted by atomic mass is 10.0. The van der Waals surface area contributed by atoms with Crippen molar-refractivity contribution in [2.45, 2.75) is 51.0 Å². The van der Waals surface area contributed by atoms with Gasteiger partial charge >= 0.3 is 0 Å². The minimum atomic E-state index is 0.0974. The molecule has 0 bridgehead atoms. The number of carbonyl (C=O) groups excluding carboxylic acids is 1. The van der Waals surface area contributed by atoms with Crippen LogP contribution in [-0.2, 0) is 4.79 Å². The number of rotatable bonds is 3. The number of hydrogen-bond acceptors (Lipinski definition) is 2. The van der Waals surface area contributed by atoms with E-state index in [1.165, 1.54) is 38.5 Å². The maximum absolute atomic E-state index is 12.1. The molecule has 92 valence electrons. The highest BCUT2D eigenvalue weighted by molar-refractivity contribution is 5.81. The van der Waals surface area contributed by atoms with Gasteiger partial charge in [0.15, 0.2) is 0 Å². The molecule has 16 heavy (non-hydrogen) atoms. The summed E-state index contributed by atoms with van der Waals surface area (Å²) in [5.41, 5.74) is 0. The van der Waals surface area contributed by atoms with Crippen LogP contribution in [-0.4, -0.2) is 37.0 Å². The fraction of sp³-hybridized carbons (Fsp3) is 0.923. The molecule has 2 rings (SSSR count). The topological polar surface area (TPSA) is 32.3 Å². The van der Waals surface area contributed by atoms with Gasteiger partial charge < -0.3 is 10.2 Å². The molecule has 1 saturated carbocycles. The first-order chi connectivity index (χ1) is 7.77. The van der Waals surface area contributed by atoms with Gasteiger partial charge in [0, 0.05) is 13.6 Å². The first-order valence-electron chi connectivity index (χ1n) is 6.76. The van der Waals surface area contributed by atoms with E-state index in [0.29, 0.717) is 5.91 Å². The molecular formula is C13H24N2O. The Morgan fingerprint density at radius 2 is 1.88 bits per heavy atom. The Hall–Kier alpha value is -0.570. The van der Waals surface area contributed by atoms with Crippen molar-refractivity contribution in [3.05, 3.63) is 0 Å². The Kier molecular flexibility index (Phi) is 4.22. The van der Waals surface area contributed by atoms with Crippen LogP contribution in [0.2, 0.25) is 0 Å². The molecule has 2 aliphatic rings. The molecule has 0 spiro atoms. The molecule has 3 nitrogen and oxygen atoms in total. The number of likely N-dealkylation sites (N-methyl/N-ethyl adjacent to an activating group) is 1. The SMILES string of the molecule is CN(CC1CCCC1)C(=O)[C@@H]1CCCCN1. The lowest BCUT2D eigenvalue weighted by molar-refractivity contribution is -0.133. The van der Waals surface area contributed by atoms with Crippen molar-refractivity contribution >= 4 is 5.91 Å². The molecule has 1 N–H and O–H groups in total. The number of nitrogens with one attached hydrogen (secondary N) is 1. The third kappa shape index (κ3) is 2.97. The fourth-order valence-electron chi connectivity index (χ4n) is 3.00. The second-order valence-corrected chi connectivity index (χ2v) is 5.37. The lowest BCUT2D eigenvalue weighted by Crippen LogP contribution is -2.48. The highest BCUT2D eigenvalue weighted by atomic mass is 16.2. The zero-order valence-corrected chi connectivity index (χ0v) is 10.4. The van der Waals surface area contributed by atoms with Gasteiger partial charge in [-0.1, -0.05) is 19.3 Å². The Balaban J connectivity index is 1.78. The van der Waals surface area contributed by atoms with Crippen LogP contribution >= 0.6 is 0 Å². The Morgan fingerprint density at radius 1 is 1.19 bits per heavy atom. The first kappa shape index (κ1) is 11.9. The maximum atomic E-state index is 12.1. The molecule has 1 saturated heterocycles. The Morgan fingerprint density at radius 3 is 2.50 bits per heavy atom. The van der Waals surface area contributed by atoms with E-state index in [1.807, 2.05) is 11.9 Å². The van der Waals surface area contributed by atoms with Crippen LogP contribution in [0.4, 0.5) is 0 Å². The molecule has 0 aromatic rings. The normalized spacial score (nSPS) is 26.9. The largest absolute Gasteiger partial charge is 0.344 e. The van der Waals surface area contributed by atoms with Crippen LogP contribution < -0.4 is 5.32 Å². The summed E-state index contributed by atoms with van der Waals surface area (Å²) in [5, 5.41) is 3.33. The molecule has 1 aliphatic heterocycles. The van der Waals surface area contributed by atoms with E-state index >= 15 is 0 Å². The minimum absolute atomic E-state index is 0.0974. The molecular weight excluding hydrogens is 200 g/mol. The predicted molar refractivity (Wildman–Crippen MR) is 65.2 cm³/mol. The van der Waals surface area contributed by atoms with Crippen molar-refractivity contribution in [3.63, 3.8) is 0 Å². The van der Waals surface area contributed by atoms with Crippen molar-refractivity contribution in [1.29, 1.82) is 0 Å². The highest BCUT2D eigenvalue weighted by Gasteiger charge is 2.25.